The fourth-order valence-corrected chi connectivity index (χ4v) is 4.65. The fraction of sp³-hybridized carbons (Fsp3) is 0.600. The topological polar surface area (TPSA) is 104 Å². The quantitative estimate of drug-likeness (QED) is 0.583. The Bertz CT molecular complexity index is 1070. The zero-order valence-electron chi connectivity index (χ0n) is 21.2. The molecule has 10 heteroatoms. The molecule has 4 heterocycles. The van der Waals surface area contributed by atoms with Crippen LogP contribution in [0.1, 0.15) is 50.3 Å². The van der Waals surface area contributed by atoms with Gasteiger partial charge in [0.2, 0.25) is 5.91 Å². The van der Waals surface area contributed by atoms with Crippen LogP contribution in [0, 0.1) is 6.92 Å². The standard InChI is InChI=1S/C25H37N7O3/c1-17(2)21-15-27-32-22(14-18(3)28-24(21)32)29-19-7-11-30(12-8-19)25(34)35-20-9-13-31(16-20)23(33)6-5-10-26-4/h5-6,14-15,17,19-20,26,29H,7-13,16H2,1-4H3/b6-5+/t20-/m0/s1. The maximum atomic E-state index is 12.7. The number of anilines is 1. The van der Waals surface area contributed by atoms with Crippen molar-refractivity contribution < 1.29 is 14.3 Å². The van der Waals surface area contributed by atoms with Gasteiger partial charge in [0.25, 0.3) is 0 Å². The molecule has 2 aromatic heterocycles. The predicted molar refractivity (Wildman–Crippen MR) is 135 cm³/mol. The van der Waals surface area contributed by atoms with Gasteiger partial charge in [-0.25, -0.2) is 9.78 Å². The van der Waals surface area contributed by atoms with Crippen molar-refractivity contribution in [1.82, 2.24) is 29.7 Å². The largest absolute Gasteiger partial charge is 0.444 e. The van der Waals surface area contributed by atoms with E-state index in [0.717, 1.165) is 35.6 Å². The van der Waals surface area contributed by atoms with Crippen molar-refractivity contribution in [3.63, 3.8) is 0 Å². The molecule has 0 spiro atoms. The summed E-state index contributed by atoms with van der Waals surface area (Å²) in [5.74, 6) is 1.24. The van der Waals surface area contributed by atoms with Crippen LogP contribution in [0.2, 0.25) is 0 Å². The van der Waals surface area contributed by atoms with Crippen LogP contribution in [0.15, 0.2) is 24.4 Å². The molecule has 10 nitrogen and oxygen atoms in total. The smallest absolute Gasteiger partial charge is 0.410 e. The van der Waals surface area contributed by atoms with Gasteiger partial charge in [0, 0.05) is 62.0 Å². The first-order valence-electron chi connectivity index (χ1n) is 12.5. The number of carbonyl (C=O) groups excluding carboxylic acids is 2. The minimum atomic E-state index is -0.288. The summed E-state index contributed by atoms with van der Waals surface area (Å²) in [6.45, 7) is 9.25. The number of likely N-dealkylation sites (tertiary alicyclic amines) is 2. The lowest BCUT2D eigenvalue weighted by molar-refractivity contribution is -0.125. The highest BCUT2D eigenvalue weighted by Crippen LogP contribution is 2.24. The molecule has 1 atom stereocenters. The lowest BCUT2D eigenvalue weighted by Gasteiger charge is -2.33. The van der Waals surface area contributed by atoms with Gasteiger partial charge in [-0.15, -0.1) is 0 Å². The highest BCUT2D eigenvalue weighted by Gasteiger charge is 2.31. The average molecular weight is 484 g/mol. The lowest BCUT2D eigenvalue weighted by Crippen LogP contribution is -2.44. The number of piperidine rings is 1. The van der Waals surface area contributed by atoms with Gasteiger partial charge >= 0.3 is 6.09 Å². The summed E-state index contributed by atoms with van der Waals surface area (Å²) < 4.78 is 7.60. The van der Waals surface area contributed by atoms with E-state index in [1.165, 1.54) is 0 Å². The van der Waals surface area contributed by atoms with Gasteiger partial charge in [0.05, 0.1) is 12.7 Å². The van der Waals surface area contributed by atoms with Crippen LogP contribution >= 0.6 is 0 Å². The maximum Gasteiger partial charge on any atom is 0.410 e. The Morgan fingerprint density at radius 1 is 1.20 bits per heavy atom. The third-order valence-corrected chi connectivity index (χ3v) is 6.66. The monoisotopic (exact) mass is 483 g/mol. The molecule has 190 valence electrons. The predicted octanol–water partition coefficient (Wildman–Crippen LogP) is 2.55. The lowest BCUT2D eigenvalue weighted by atomic mass is 10.1. The summed E-state index contributed by atoms with van der Waals surface area (Å²) in [5.41, 5.74) is 2.98. The third kappa shape index (κ3) is 5.93. The van der Waals surface area contributed by atoms with Gasteiger partial charge < -0.3 is 25.2 Å². The molecule has 2 fully saturated rings. The van der Waals surface area contributed by atoms with Gasteiger partial charge in [-0.2, -0.15) is 9.61 Å². The van der Waals surface area contributed by atoms with E-state index in [9.17, 15) is 9.59 Å². The molecule has 0 radical (unpaired) electrons. The average Bonchev–Trinajstić information content (AvgIpc) is 3.47. The number of amides is 2. The minimum Gasteiger partial charge on any atom is -0.444 e. The second kappa shape index (κ2) is 11.1. The summed E-state index contributed by atoms with van der Waals surface area (Å²) in [6.07, 6.45) is 7.05. The summed E-state index contributed by atoms with van der Waals surface area (Å²) in [6, 6.07) is 2.26. The number of aromatic nitrogens is 3. The third-order valence-electron chi connectivity index (χ3n) is 6.66. The van der Waals surface area contributed by atoms with E-state index in [2.05, 4.69) is 34.6 Å². The number of fused-ring (bicyclic) bond motifs is 1. The van der Waals surface area contributed by atoms with E-state index in [4.69, 9.17) is 4.74 Å². The summed E-state index contributed by atoms with van der Waals surface area (Å²) in [7, 11) is 1.83. The first kappa shape index (κ1) is 25.0. The number of carbonyl (C=O) groups is 2. The molecule has 2 aliphatic rings. The van der Waals surface area contributed by atoms with E-state index in [1.807, 2.05) is 30.8 Å². The summed E-state index contributed by atoms with van der Waals surface area (Å²) >= 11 is 0. The molecule has 0 saturated carbocycles. The molecule has 0 aliphatic carbocycles. The molecule has 0 bridgehead atoms. The van der Waals surface area contributed by atoms with Crippen molar-refractivity contribution >= 4 is 23.5 Å². The molecule has 2 saturated heterocycles. The molecule has 2 aromatic rings. The molecule has 35 heavy (non-hydrogen) atoms. The van der Waals surface area contributed by atoms with Crippen molar-refractivity contribution in [1.29, 1.82) is 0 Å². The van der Waals surface area contributed by atoms with Crippen molar-refractivity contribution in [3.8, 4) is 0 Å². The van der Waals surface area contributed by atoms with Crippen molar-refractivity contribution in [3.05, 3.63) is 35.7 Å². The Labute approximate surface area is 206 Å². The molecular formula is C25H37N7O3. The Hall–Kier alpha value is -3.14. The number of nitrogens with one attached hydrogen (secondary N) is 2. The van der Waals surface area contributed by atoms with Crippen LogP contribution in [-0.4, -0.2) is 88.3 Å². The Kier molecular flexibility index (Phi) is 7.90. The van der Waals surface area contributed by atoms with E-state index in [1.54, 1.807) is 22.0 Å². The number of nitrogens with zero attached hydrogens (tertiary/aromatic N) is 5. The number of hydrogen-bond acceptors (Lipinski definition) is 7. The number of ether oxygens (including phenoxy) is 1. The zero-order valence-corrected chi connectivity index (χ0v) is 21.2. The van der Waals surface area contributed by atoms with Gasteiger partial charge in [-0.3, -0.25) is 4.79 Å². The van der Waals surface area contributed by atoms with Crippen LogP contribution in [0.3, 0.4) is 0 Å². The molecular weight excluding hydrogens is 446 g/mol. The maximum absolute atomic E-state index is 12.7. The van der Waals surface area contributed by atoms with E-state index >= 15 is 0 Å². The highest BCUT2D eigenvalue weighted by molar-refractivity contribution is 5.87. The van der Waals surface area contributed by atoms with E-state index in [0.29, 0.717) is 45.1 Å². The van der Waals surface area contributed by atoms with E-state index in [-0.39, 0.29) is 24.1 Å². The molecule has 4 rings (SSSR count). The second-order valence-electron chi connectivity index (χ2n) is 9.72. The zero-order chi connectivity index (χ0) is 24.9. The first-order chi connectivity index (χ1) is 16.9. The van der Waals surface area contributed by atoms with Crippen LogP contribution in [0.4, 0.5) is 10.6 Å². The van der Waals surface area contributed by atoms with Crippen LogP contribution in [0.5, 0.6) is 0 Å². The van der Waals surface area contributed by atoms with Gasteiger partial charge in [0.15, 0.2) is 5.65 Å². The van der Waals surface area contributed by atoms with Gasteiger partial charge in [-0.1, -0.05) is 19.9 Å². The van der Waals surface area contributed by atoms with Gasteiger partial charge in [0.1, 0.15) is 11.9 Å². The minimum absolute atomic E-state index is 0.0381. The first-order valence-corrected chi connectivity index (χ1v) is 12.5. The van der Waals surface area contributed by atoms with Crippen LogP contribution in [-0.2, 0) is 9.53 Å². The Morgan fingerprint density at radius 3 is 2.66 bits per heavy atom. The molecule has 0 aromatic carbocycles. The molecule has 0 unspecified atom stereocenters. The van der Waals surface area contributed by atoms with Crippen LogP contribution < -0.4 is 10.6 Å². The number of rotatable bonds is 7. The molecule has 2 N–H and O–H groups in total. The normalized spacial score (nSPS) is 19.3. The van der Waals surface area contributed by atoms with E-state index < -0.39 is 0 Å². The SMILES string of the molecule is CNC/C=C/C(=O)N1CC[C@H](OC(=O)N2CCC(Nc3cc(C)nc4c(C(C)C)cnn34)CC2)C1. The Morgan fingerprint density at radius 2 is 1.94 bits per heavy atom. The van der Waals surface area contributed by atoms with Crippen molar-refractivity contribution in [2.24, 2.45) is 0 Å². The fourth-order valence-electron chi connectivity index (χ4n) is 4.65. The second-order valence-corrected chi connectivity index (χ2v) is 9.72. The highest BCUT2D eigenvalue weighted by atomic mass is 16.6. The summed E-state index contributed by atoms with van der Waals surface area (Å²) in [5, 5.41) is 11.1. The Balaban J connectivity index is 1.27. The van der Waals surface area contributed by atoms with Crippen molar-refractivity contribution in [2.45, 2.75) is 58.1 Å². The van der Waals surface area contributed by atoms with Crippen LogP contribution in [0.25, 0.3) is 5.65 Å². The molecule has 2 amide bonds. The summed E-state index contributed by atoms with van der Waals surface area (Å²) in [4.78, 5) is 33.1. The van der Waals surface area contributed by atoms with Gasteiger partial charge in [-0.05, 0) is 32.7 Å². The van der Waals surface area contributed by atoms with Crippen molar-refractivity contribution in [2.75, 3.05) is 45.1 Å². The number of hydrogen-bond donors (Lipinski definition) is 2. The number of likely N-dealkylation sites (N-methyl/N-ethyl adjacent to an activating group) is 1. The molecule has 2 aliphatic heterocycles. The number of aryl methyl sites for hydroxylation is 1.